The average Bonchev–Trinajstić information content (AvgIpc) is 2.75. The van der Waals surface area contributed by atoms with E-state index in [0.29, 0.717) is 59.8 Å². The molecule has 30 heavy (non-hydrogen) atoms. The van der Waals surface area contributed by atoms with E-state index in [-0.39, 0.29) is 17.2 Å². The number of carbonyl (C=O) groups is 1. The van der Waals surface area contributed by atoms with Gasteiger partial charge in [0.2, 0.25) is 15.9 Å². The summed E-state index contributed by atoms with van der Waals surface area (Å²) >= 11 is 12.0. The first-order chi connectivity index (χ1) is 14.3. The van der Waals surface area contributed by atoms with Gasteiger partial charge in [0.15, 0.2) is 0 Å². The summed E-state index contributed by atoms with van der Waals surface area (Å²) < 4.78 is 37.8. The van der Waals surface area contributed by atoms with Crippen LogP contribution in [0.5, 0.6) is 5.75 Å². The molecule has 1 fully saturated rings. The SMILES string of the molecule is COc1ccc(S(=O)(=O)N2CCOCC2)cc1CCC(=O)Nc1cc(Cl)ccc1Cl. The monoisotopic (exact) mass is 472 g/mol. The van der Waals surface area contributed by atoms with Crippen LogP contribution in [-0.2, 0) is 26.0 Å². The molecule has 1 aliphatic rings. The van der Waals surface area contributed by atoms with Crippen LogP contribution in [-0.4, -0.2) is 52.0 Å². The van der Waals surface area contributed by atoms with Crippen molar-refractivity contribution in [3.05, 3.63) is 52.0 Å². The summed E-state index contributed by atoms with van der Waals surface area (Å²) in [5, 5.41) is 3.55. The van der Waals surface area contributed by atoms with E-state index in [9.17, 15) is 13.2 Å². The topological polar surface area (TPSA) is 84.9 Å². The highest BCUT2D eigenvalue weighted by molar-refractivity contribution is 7.89. The summed E-state index contributed by atoms with van der Waals surface area (Å²) in [5.41, 5.74) is 1.05. The molecule has 1 heterocycles. The van der Waals surface area contributed by atoms with E-state index < -0.39 is 10.0 Å². The lowest BCUT2D eigenvalue weighted by Crippen LogP contribution is -2.40. The van der Waals surface area contributed by atoms with Gasteiger partial charge < -0.3 is 14.8 Å². The van der Waals surface area contributed by atoms with Gasteiger partial charge in [-0.3, -0.25) is 4.79 Å². The number of halogens is 2. The third-order valence-electron chi connectivity index (χ3n) is 4.68. The Morgan fingerprint density at radius 1 is 1.17 bits per heavy atom. The number of nitrogens with one attached hydrogen (secondary N) is 1. The van der Waals surface area contributed by atoms with E-state index >= 15 is 0 Å². The minimum Gasteiger partial charge on any atom is -0.496 e. The number of morpholine rings is 1. The first-order valence-electron chi connectivity index (χ1n) is 9.31. The number of anilines is 1. The number of hydrogen-bond acceptors (Lipinski definition) is 5. The van der Waals surface area contributed by atoms with Gasteiger partial charge in [0.25, 0.3) is 0 Å². The molecule has 0 radical (unpaired) electrons. The fourth-order valence-electron chi connectivity index (χ4n) is 3.10. The standard InChI is InChI=1S/C20H22Cl2N2O5S/c1-28-19-6-4-16(30(26,27)24-8-10-29-11-9-24)12-14(19)2-7-20(25)23-18-13-15(21)3-5-17(18)22/h3-6,12-13H,2,7-11H2,1H3,(H,23,25). The van der Waals surface area contributed by atoms with Crippen molar-refractivity contribution in [2.45, 2.75) is 17.7 Å². The average molecular weight is 473 g/mol. The second-order valence-electron chi connectivity index (χ2n) is 6.66. The first-order valence-corrected chi connectivity index (χ1v) is 11.5. The molecule has 0 aliphatic carbocycles. The van der Waals surface area contributed by atoms with Crippen molar-refractivity contribution in [3.63, 3.8) is 0 Å². The van der Waals surface area contributed by atoms with Crippen LogP contribution >= 0.6 is 23.2 Å². The van der Waals surface area contributed by atoms with Gasteiger partial charge in [0.05, 0.1) is 35.9 Å². The van der Waals surface area contributed by atoms with Crippen LogP contribution in [0, 0.1) is 0 Å². The maximum absolute atomic E-state index is 12.9. The van der Waals surface area contributed by atoms with Gasteiger partial charge >= 0.3 is 0 Å². The smallest absolute Gasteiger partial charge is 0.243 e. The van der Waals surface area contributed by atoms with Crippen molar-refractivity contribution in [2.75, 3.05) is 38.7 Å². The Hall–Kier alpha value is -1.84. The van der Waals surface area contributed by atoms with Crippen LogP contribution in [0.2, 0.25) is 10.0 Å². The number of aryl methyl sites for hydroxylation is 1. The lowest BCUT2D eigenvalue weighted by molar-refractivity contribution is -0.116. The molecule has 0 atom stereocenters. The summed E-state index contributed by atoms with van der Waals surface area (Å²) in [5.74, 6) is 0.243. The van der Waals surface area contributed by atoms with Crippen LogP contribution in [0.1, 0.15) is 12.0 Å². The quantitative estimate of drug-likeness (QED) is 0.665. The van der Waals surface area contributed by atoms with Gasteiger partial charge in [-0.1, -0.05) is 23.2 Å². The summed E-state index contributed by atoms with van der Waals surface area (Å²) in [6.07, 6.45) is 0.403. The van der Waals surface area contributed by atoms with Crippen LogP contribution in [0.4, 0.5) is 5.69 Å². The highest BCUT2D eigenvalue weighted by Crippen LogP contribution is 2.28. The third kappa shape index (κ3) is 5.44. The molecule has 1 amide bonds. The normalized spacial score (nSPS) is 15.0. The predicted molar refractivity (Wildman–Crippen MR) is 116 cm³/mol. The lowest BCUT2D eigenvalue weighted by Gasteiger charge is -2.26. The number of methoxy groups -OCH3 is 1. The van der Waals surface area contributed by atoms with E-state index in [1.54, 1.807) is 30.3 Å². The molecule has 0 bridgehead atoms. The number of nitrogens with zero attached hydrogens (tertiary/aromatic N) is 1. The zero-order valence-electron chi connectivity index (χ0n) is 16.4. The molecule has 3 rings (SSSR count). The highest BCUT2D eigenvalue weighted by Gasteiger charge is 2.27. The van der Waals surface area contributed by atoms with E-state index in [4.69, 9.17) is 32.7 Å². The fourth-order valence-corrected chi connectivity index (χ4v) is 4.90. The molecular weight excluding hydrogens is 451 g/mol. The number of amides is 1. The summed E-state index contributed by atoms with van der Waals surface area (Å²) in [6, 6.07) is 9.47. The molecule has 2 aromatic rings. The van der Waals surface area contributed by atoms with Crippen LogP contribution in [0.25, 0.3) is 0 Å². The summed E-state index contributed by atoms with van der Waals surface area (Å²) in [7, 11) is -2.14. The molecule has 7 nitrogen and oxygen atoms in total. The minimum atomic E-state index is -3.64. The van der Waals surface area contributed by atoms with Gasteiger partial charge in [-0.2, -0.15) is 4.31 Å². The van der Waals surface area contributed by atoms with Gasteiger partial charge in [0.1, 0.15) is 5.75 Å². The van der Waals surface area contributed by atoms with Gasteiger partial charge in [-0.05, 0) is 48.4 Å². The van der Waals surface area contributed by atoms with E-state index in [2.05, 4.69) is 5.32 Å². The lowest BCUT2D eigenvalue weighted by atomic mass is 10.1. The van der Waals surface area contributed by atoms with Gasteiger partial charge in [-0.25, -0.2) is 8.42 Å². The van der Waals surface area contributed by atoms with Crippen molar-refractivity contribution in [1.29, 1.82) is 0 Å². The van der Waals surface area contributed by atoms with E-state index in [1.165, 1.54) is 17.5 Å². The first kappa shape index (κ1) is 22.8. The van der Waals surface area contributed by atoms with E-state index in [1.807, 2.05) is 0 Å². The molecule has 1 aliphatic heterocycles. The number of rotatable bonds is 7. The molecule has 0 aromatic heterocycles. The molecule has 0 saturated carbocycles. The Balaban J connectivity index is 1.74. The van der Waals surface area contributed by atoms with Crippen molar-refractivity contribution < 1.29 is 22.7 Å². The molecule has 10 heteroatoms. The number of ether oxygens (including phenoxy) is 2. The Bertz CT molecular complexity index is 1020. The predicted octanol–water partition coefficient (Wildman–Crippen LogP) is 3.59. The highest BCUT2D eigenvalue weighted by atomic mass is 35.5. The van der Waals surface area contributed by atoms with Crippen LogP contribution in [0.3, 0.4) is 0 Å². The van der Waals surface area contributed by atoms with Crippen molar-refractivity contribution in [3.8, 4) is 5.75 Å². The Labute approximate surface area is 185 Å². The van der Waals surface area contributed by atoms with E-state index in [0.717, 1.165) is 0 Å². The number of benzene rings is 2. The van der Waals surface area contributed by atoms with Crippen molar-refractivity contribution >= 4 is 44.8 Å². The van der Waals surface area contributed by atoms with Crippen LogP contribution in [0.15, 0.2) is 41.3 Å². The third-order valence-corrected chi connectivity index (χ3v) is 7.14. The molecule has 1 saturated heterocycles. The van der Waals surface area contributed by atoms with Crippen molar-refractivity contribution in [2.24, 2.45) is 0 Å². The Morgan fingerprint density at radius 3 is 2.60 bits per heavy atom. The maximum atomic E-state index is 12.9. The molecule has 0 spiro atoms. The van der Waals surface area contributed by atoms with Crippen LogP contribution < -0.4 is 10.1 Å². The molecule has 1 N–H and O–H groups in total. The Morgan fingerprint density at radius 2 is 1.90 bits per heavy atom. The van der Waals surface area contributed by atoms with Gasteiger partial charge in [0, 0.05) is 24.5 Å². The fraction of sp³-hybridized carbons (Fsp3) is 0.350. The zero-order chi connectivity index (χ0) is 21.7. The maximum Gasteiger partial charge on any atom is 0.243 e. The summed E-state index contributed by atoms with van der Waals surface area (Å²) in [6.45, 7) is 1.36. The molecule has 162 valence electrons. The second kappa shape index (κ2) is 9.98. The number of sulfonamides is 1. The van der Waals surface area contributed by atoms with Gasteiger partial charge in [-0.15, -0.1) is 0 Å². The Kier molecular flexibility index (Phi) is 7.60. The molecular formula is C20H22Cl2N2O5S. The number of hydrogen-bond donors (Lipinski definition) is 1. The minimum absolute atomic E-state index is 0.111. The number of carbonyl (C=O) groups excluding carboxylic acids is 1. The largest absolute Gasteiger partial charge is 0.496 e. The van der Waals surface area contributed by atoms with Crippen molar-refractivity contribution in [1.82, 2.24) is 4.31 Å². The molecule has 0 unspecified atom stereocenters. The second-order valence-corrected chi connectivity index (χ2v) is 9.44. The molecule has 2 aromatic carbocycles. The zero-order valence-corrected chi connectivity index (χ0v) is 18.7. The summed E-state index contributed by atoms with van der Waals surface area (Å²) in [4.78, 5) is 12.5.